The highest BCUT2D eigenvalue weighted by atomic mass is 35.5. The summed E-state index contributed by atoms with van der Waals surface area (Å²) in [6.45, 7) is 2.90. The average Bonchev–Trinajstić information content (AvgIpc) is 3.44. The lowest BCUT2D eigenvalue weighted by atomic mass is 9.84. The Morgan fingerprint density at radius 2 is 1.70 bits per heavy atom. The Morgan fingerprint density at radius 3 is 2.39 bits per heavy atom. The smallest absolute Gasteiger partial charge is 0.253 e. The van der Waals surface area contributed by atoms with Crippen LogP contribution in [0, 0.1) is 0 Å². The maximum Gasteiger partial charge on any atom is 0.253 e. The van der Waals surface area contributed by atoms with Gasteiger partial charge in [0.2, 0.25) is 11.9 Å². The van der Waals surface area contributed by atoms with E-state index < -0.39 is 5.60 Å². The summed E-state index contributed by atoms with van der Waals surface area (Å²) >= 11 is 6.04. The van der Waals surface area contributed by atoms with Crippen LogP contribution >= 0.6 is 11.6 Å². The summed E-state index contributed by atoms with van der Waals surface area (Å²) in [5.41, 5.74) is 2.97. The van der Waals surface area contributed by atoms with Crippen LogP contribution in [0.3, 0.4) is 0 Å². The Bertz CT molecular complexity index is 1650. The van der Waals surface area contributed by atoms with Crippen LogP contribution in [0.25, 0.3) is 5.65 Å². The number of piperidine rings is 1. The summed E-state index contributed by atoms with van der Waals surface area (Å²) in [7, 11) is 5.39. The molecule has 6 rings (SSSR count). The number of aliphatic hydroxyl groups is 1. The number of carbonyl (C=O) groups excluding carboxylic acids is 2. The Morgan fingerprint density at radius 1 is 1.00 bits per heavy atom. The molecule has 2 aromatic heterocycles. The number of piperazine rings is 1. The fraction of sp³-hybridized carbons (Fsp3) is 0.375. The molecule has 44 heavy (non-hydrogen) atoms. The predicted molar refractivity (Wildman–Crippen MR) is 171 cm³/mol. The van der Waals surface area contributed by atoms with Crippen LogP contribution < -0.4 is 10.2 Å². The standard InChI is InChI=1S/C32H37ClN8O3/c1-37(2)30(43)27-21-40(20-19-38(27)3)29(42)22-6-12-25(13-7-22)34-31-35-28-26(5-4-16-41(28)36-31)39-17-14-32(44,15-18-39)23-8-10-24(33)11-9-23/h4-13,16,27,44H,14-15,17-21H2,1-3H3,(H,34,36). The van der Waals surface area contributed by atoms with Gasteiger partial charge in [-0.05, 0) is 74.0 Å². The van der Waals surface area contributed by atoms with Crippen molar-refractivity contribution in [1.29, 1.82) is 0 Å². The quantitative estimate of drug-likeness (QED) is 0.339. The SMILES string of the molecule is CN(C)C(=O)C1CN(C(=O)c2ccc(Nc3nc4c(N5CCC(O)(c6ccc(Cl)cc6)CC5)cccn4n3)cc2)CCN1C. The second-order valence-electron chi connectivity index (χ2n) is 11.8. The van der Waals surface area contributed by atoms with E-state index in [4.69, 9.17) is 16.6 Å². The summed E-state index contributed by atoms with van der Waals surface area (Å²) < 4.78 is 1.74. The number of rotatable bonds is 6. The summed E-state index contributed by atoms with van der Waals surface area (Å²) in [4.78, 5) is 38.2. The molecular formula is C32H37ClN8O3. The molecule has 2 amide bonds. The molecule has 11 nitrogen and oxygen atoms in total. The fourth-order valence-corrected chi connectivity index (χ4v) is 6.11. The van der Waals surface area contributed by atoms with Crippen molar-refractivity contribution in [3.8, 4) is 0 Å². The van der Waals surface area contributed by atoms with Crippen LogP contribution in [0.5, 0.6) is 0 Å². The summed E-state index contributed by atoms with van der Waals surface area (Å²) in [6.07, 6.45) is 3.03. The number of fused-ring (bicyclic) bond motifs is 1. The minimum Gasteiger partial charge on any atom is -0.385 e. The lowest BCUT2D eigenvalue weighted by Crippen LogP contribution is -2.58. The highest BCUT2D eigenvalue weighted by Gasteiger charge is 2.35. The van der Waals surface area contributed by atoms with Crippen LogP contribution in [0.2, 0.25) is 5.02 Å². The molecule has 2 aromatic carbocycles. The third-order valence-corrected chi connectivity index (χ3v) is 8.96. The Hall–Kier alpha value is -4.19. The van der Waals surface area contributed by atoms with Crippen molar-refractivity contribution >= 4 is 46.4 Å². The van der Waals surface area contributed by atoms with Gasteiger partial charge in [-0.1, -0.05) is 23.7 Å². The zero-order valence-corrected chi connectivity index (χ0v) is 25.9. The monoisotopic (exact) mass is 616 g/mol. The second kappa shape index (κ2) is 12.1. The number of halogens is 1. The van der Waals surface area contributed by atoms with E-state index >= 15 is 0 Å². The number of aromatic nitrogens is 3. The van der Waals surface area contributed by atoms with E-state index in [-0.39, 0.29) is 17.9 Å². The molecule has 4 heterocycles. The molecule has 0 spiro atoms. The van der Waals surface area contributed by atoms with E-state index in [1.54, 1.807) is 40.5 Å². The highest BCUT2D eigenvalue weighted by molar-refractivity contribution is 6.30. The number of nitrogens with one attached hydrogen (secondary N) is 1. The molecule has 0 saturated carbocycles. The second-order valence-corrected chi connectivity index (χ2v) is 12.2. The number of benzene rings is 2. The van der Waals surface area contributed by atoms with Crippen molar-refractivity contribution in [2.45, 2.75) is 24.5 Å². The van der Waals surface area contributed by atoms with E-state index in [0.29, 0.717) is 62.1 Å². The molecule has 2 saturated heterocycles. The predicted octanol–water partition coefficient (Wildman–Crippen LogP) is 3.46. The van der Waals surface area contributed by atoms with E-state index in [1.807, 2.05) is 66.7 Å². The van der Waals surface area contributed by atoms with Gasteiger partial charge in [-0.2, -0.15) is 4.98 Å². The van der Waals surface area contributed by atoms with Crippen LogP contribution in [0.4, 0.5) is 17.3 Å². The lowest BCUT2D eigenvalue weighted by Gasteiger charge is -2.39. The van der Waals surface area contributed by atoms with Gasteiger partial charge in [0, 0.05) is 69.3 Å². The number of amides is 2. The molecule has 0 aliphatic carbocycles. The molecule has 12 heteroatoms. The molecule has 230 valence electrons. The van der Waals surface area contributed by atoms with Gasteiger partial charge >= 0.3 is 0 Å². The third kappa shape index (κ3) is 5.95. The van der Waals surface area contributed by atoms with Crippen LogP contribution in [-0.2, 0) is 10.4 Å². The maximum absolute atomic E-state index is 13.3. The summed E-state index contributed by atoms with van der Waals surface area (Å²) in [5, 5.41) is 19.8. The van der Waals surface area contributed by atoms with Gasteiger partial charge in [0.05, 0.1) is 11.3 Å². The summed E-state index contributed by atoms with van der Waals surface area (Å²) in [5.74, 6) is 0.337. The number of likely N-dealkylation sites (N-methyl/N-ethyl adjacent to an activating group) is 2. The minimum absolute atomic E-state index is 0.00704. The van der Waals surface area contributed by atoms with E-state index in [2.05, 4.69) is 15.3 Å². The van der Waals surface area contributed by atoms with Gasteiger partial charge in [0.15, 0.2) is 5.65 Å². The van der Waals surface area contributed by atoms with Crippen LogP contribution in [0.1, 0.15) is 28.8 Å². The molecule has 1 atom stereocenters. The van der Waals surface area contributed by atoms with Crippen molar-refractivity contribution in [3.05, 3.63) is 83.0 Å². The third-order valence-electron chi connectivity index (χ3n) is 8.70. The van der Waals surface area contributed by atoms with Crippen LogP contribution in [0.15, 0.2) is 66.9 Å². The number of carbonyl (C=O) groups is 2. The Labute approximate surface area is 261 Å². The van der Waals surface area contributed by atoms with E-state index in [0.717, 1.165) is 22.6 Å². The Balaban J connectivity index is 1.12. The van der Waals surface area contributed by atoms with Crippen molar-refractivity contribution < 1.29 is 14.7 Å². The van der Waals surface area contributed by atoms with E-state index in [9.17, 15) is 14.7 Å². The topological polar surface area (TPSA) is 110 Å². The molecule has 4 aromatic rings. The zero-order chi connectivity index (χ0) is 31.0. The first kappa shape index (κ1) is 29.9. The van der Waals surface area contributed by atoms with Gasteiger partial charge < -0.3 is 25.1 Å². The van der Waals surface area contributed by atoms with Gasteiger partial charge in [-0.15, -0.1) is 5.10 Å². The fourth-order valence-electron chi connectivity index (χ4n) is 5.99. The molecule has 0 bridgehead atoms. The van der Waals surface area contributed by atoms with Gasteiger partial charge in [-0.3, -0.25) is 14.5 Å². The van der Waals surface area contributed by atoms with Gasteiger partial charge in [0.25, 0.3) is 5.91 Å². The molecule has 0 radical (unpaired) electrons. The highest BCUT2D eigenvalue weighted by Crippen LogP contribution is 2.36. The first-order valence-corrected chi connectivity index (χ1v) is 15.2. The Kier molecular flexibility index (Phi) is 8.19. The number of pyridine rings is 1. The first-order chi connectivity index (χ1) is 21.1. The average molecular weight is 617 g/mol. The first-order valence-electron chi connectivity index (χ1n) is 14.8. The number of hydrogen-bond donors (Lipinski definition) is 2. The maximum atomic E-state index is 13.3. The molecule has 2 fully saturated rings. The molecular weight excluding hydrogens is 580 g/mol. The molecule has 1 unspecified atom stereocenters. The van der Waals surface area contributed by atoms with Crippen molar-refractivity contribution in [3.63, 3.8) is 0 Å². The zero-order valence-electron chi connectivity index (χ0n) is 25.2. The number of anilines is 3. The lowest BCUT2D eigenvalue weighted by molar-refractivity contribution is -0.135. The largest absolute Gasteiger partial charge is 0.385 e. The van der Waals surface area contributed by atoms with Gasteiger partial charge in [0.1, 0.15) is 6.04 Å². The van der Waals surface area contributed by atoms with Gasteiger partial charge in [-0.25, -0.2) is 4.52 Å². The minimum atomic E-state index is -0.893. The van der Waals surface area contributed by atoms with Crippen LogP contribution in [-0.4, -0.2) is 106 Å². The normalized spacial score (nSPS) is 18.8. The van der Waals surface area contributed by atoms with Crippen molar-refractivity contribution in [2.75, 3.05) is 64.1 Å². The summed E-state index contributed by atoms with van der Waals surface area (Å²) in [6, 6.07) is 18.3. The number of nitrogens with zero attached hydrogens (tertiary/aromatic N) is 7. The molecule has 2 aliphatic rings. The van der Waals surface area contributed by atoms with E-state index in [1.165, 1.54) is 0 Å². The molecule has 2 N–H and O–H groups in total. The van der Waals surface area contributed by atoms with Crippen molar-refractivity contribution in [2.24, 2.45) is 0 Å². The molecule has 2 aliphatic heterocycles. The number of hydrogen-bond acceptors (Lipinski definition) is 8. The van der Waals surface area contributed by atoms with Crippen molar-refractivity contribution in [1.82, 2.24) is 29.3 Å².